The Hall–Kier alpha value is -2.47. The second-order valence-corrected chi connectivity index (χ2v) is 6.49. The van der Waals surface area contributed by atoms with E-state index in [1.807, 2.05) is 6.08 Å². The molecular weight excluding hydrogens is 343 g/mol. The van der Waals surface area contributed by atoms with Crippen LogP contribution >= 0.6 is 11.6 Å². The third kappa shape index (κ3) is 4.54. The fraction of sp³-hybridized carbons (Fsp3) is 0.278. The zero-order valence-corrected chi connectivity index (χ0v) is 14.5. The maximum absolute atomic E-state index is 13.5. The smallest absolute Gasteiger partial charge is 0.323 e. The Morgan fingerprint density at radius 3 is 2.96 bits per heavy atom. The van der Waals surface area contributed by atoms with E-state index in [9.17, 15) is 9.18 Å². The number of likely N-dealkylation sites (tertiary alicyclic amines) is 1. The number of anilines is 1. The molecule has 1 aliphatic rings. The van der Waals surface area contributed by atoms with Crippen LogP contribution in [-0.4, -0.2) is 34.2 Å². The first-order valence-corrected chi connectivity index (χ1v) is 8.39. The molecule has 1 saturated heterocycles. The zero-order valence-electron chi connectivity index (χ0n) is 13.7. The van der Waals surface area contributed by atoms with Crippen LogP contribution in [0.15, 0.2) is 42.1 Å². The first kappa shape index (κ1) is 17.4. The molecule has 2 heterocycles. The molecule has 1 aromatic carbocycles. The molecule has 1 aliphatic heterocycles. The number of carbonyl (C=O) groups is 1. The van der Waals surface area contributed by atoms with Gasteiger partial charge in [0.05, 0.1) is 0 Å². The van der Waals surface area contributed by atoms with E-state index in [1.54, 1.807) is 29.3 Å². The van der Waals surface area contributed by atoms with Crippen molar-refractivity contribution in [2.75, 3.05) is 18.4 Å². The van der Waals surface area contributed by atoms with E-state index >= 15 is 0 Å². The number of hydrogen-bond acceptors (Lipinski definition) is 3. The predicted molar refractivity (Wildman–Crippen MR) is 95.8 cm³/mol. The van der Waals surface area contributed by atoms with Gasteiger partial charge >= 0.3 is 6.03 Å². The highest BCUT2D eigenvalue weighted by molar-refractivity contribution is 6.30. The topological polar surface area (TPSA) is 58.1 Å². The first-order chi connectivity index (χ1) is 12.0. The number of nitrogens with zero attached hydrogens (tertiary/aromatic N) is 3. The van der Waals surface area contributed by atoms with Crippen molar-refractivity contribution in [2.24, 2.45) is 5.92 Å². The third-order valence-corrected chi connectivity index (χ3v) is 4.35. The molecule has 25 heavy (non-hydrogen) atoms. The minimum absolute atomic E-state index is 0.170. The maximum Gasteiger partial charge on any atom is 0.323 e. The summed E-state index contributed by atoms with van der Waals surface area (Å²) in [4.78, 5) is 14.1. The summed E-state index contributed by atoms with van der Waals surface area (Å²) in [6.07, 6.45) is 4.23. The van der Waals surface area contributed by atoms with Crippen molar-refractivity contribution < 1.29 is 9.18 Å². The Balaban J connectivity index is 1.66. The molecular formula is C18H18ClFN4O. The average Bonchev–Trinajstić information content (AvgIpc) is 2.56. The molecule has 1 N–H and O–H groups in total. The van der Waals surface area contributed by atoms with Crippen LogP contribution in [0.25, 0.3) is 6.08 Å². The van der Waals surface area contributed by atoms with Crippen LogP contribution in [0, 0.1) is 11.7 Å². The molecule has 1 aromatic heterocycles. The highest BCUT2D eigenvalue weighted by atomic mass is 35.5. The fourth-order valence-corrected chi connectivity index (χ4v) is 3.11. The molecule has 0 spiro atoms. The lowest BCUT2D eigenvalue weighted by Gasteiger charge is -2.33. The van der Waals surface area contributed by atoms with E-state index in [-0.39, 0.29) is 17.8 Å². The minimum Gasteiger partial charge on any atom is -0.324 e. The number of halogens is 2. The van der Waals surface area contributed by atoms with Crippen molar-refractivity contribution in [1.29, 1.82) is 0 Å². The number of urea groups is 1. The van der Waals surface area contributed by atoms with Crippen molar-refractivity contribution in [2.45, 2.75) is 13.3 Å². The number of aromatic nitrogens is 2. The number of rotatable bonds is 2. The van der Waals surface area contributed by atoms with Crippen LogP contribution in [0.2, 0.25) is 5.02 Å². The number of benzene rings is 1. The van der Waals surface area contributed by atoms with Crippen LogP contribution in [0.3, 0.4) is 0 Å². The third-order valence-electron chi connectivity index (χ3n) is 4.13. The average molecular weight is 361 g/mol. The van der Waals surface area contributed by atoms with Crippen molar-refractivity contribution >= 4 is 29.5 Å². The molecule has 0 radical (unpaired) electrons. The maximum atomic E-state index is 13.5. The number of carbonyl (C=O) groups excluding carboxylic acids is 1. The first-order valence-electron chi connectivity index (χ1n) is 8.01. The summed E-state index contributed by atoms with van der Waals surface area (Å²) in [6, 6.07) is 7.69. The Labute approximate surface area is 150 Å². The summed E-state index contributed by atoms with van der Waals surface area (Å²) in [5.41, 5.74) is 1.91. The van der Waals surface area contributed by atoms with Gasteiger partial charge in [0.1, 0.15) is 5.82 Å². The molecule has 1 atom stereocenters. The number of amides is 2. The molecule has 5 nitrogen and oxygen atoms in total. The lowest BCUT2D eigenvalue weighted by molar-refractivity contribution is 0.197. The molecule has 1 unspecified atom stereocenters. The van der Waals surface area contributed by atoms with Crippen LogP contribution in [0.5, 0.6) is 0 Å². The normalized spacial score (nSPS) is 19.1. The summed E-state index contributed by atoms with van der Waals surface area (Å²) >= 11 is 5.90. The molecule has 0 bridgehead atoms. The van der Waals surface area contributed by atoms with E-state index in [0.717, 1.165) is 12.0 Å². The van der Waals surface area contributed by atoms with Crippen molar-refractivity contribution in [3.63, 3.8) is 0 Å². The summed E-state index contributed by atoms with van der Waals surface area (Å²) in [5.74, 6) is 0.243. The number of nitrogens with one attached hydrogen (secondary N) is 1. The molecule has 1 fully saturated rings. The Morgan fingerprint density at radius 2 is 2.28 bits per heavy atom. The van der Waals surface area contributed by atoms with E-state index < -0.39 is 0 Å². The largest absolute Gasteiger partial charge is 0.324 e. The van der Waals surface area contributed by atoms with Gasteiger partial charge in [-0.25, -0.2) is 9.18 Å². The van der Waals surface area contributed by atoms with E-state index in [2.05, 4.69) is 22.4 Å². The van der Waals surface area contributed by atoms with Crippen LogP contribution in [0.4, 0.5) is 15.0 Å². The van der Waals surface area contributed by atoms with Crippen molar-refractivity contribution in [3.05, 3.63) is 58.5 Å². The molecule has 130 valence electrons. The van der Waals surface area contributed by atoms with Gasteiger partial charge in [0.15, 0.2) is 5.82 Å². The zero-order chi connectivity index (χ0) is 17.8. The minimum atomic E-state index is -0.354. The van der Waals surface area contributed by atoms with Gasteiger partial charge in [0.2, 0.25) is 0 Å². The molecule has 7 heteroatoms. The van der Waals surface area contributed by atoms with Gasteiger partial charge in [-0.15, -0.1) is 5.10 Å². The SMILES string of the molecule is CC1CN(C(=O)Nc2cccnn2)CCC1=Cc1cc(F)cc(Cl)c1. The van der Waals surface area contributed by atoms with Crippen molar-refractivity contribution in [1.82, 2.24) is 15.1 Å². The number of piperidine rings is 1. The van der Waals surface area contributed by atoms with Crippen LogP contribution in [-0.2, 0) is 0 Å². The summed E-state index contributed by atoms with van der Waals surface area (Å²) in [5, 5.41) is 10.7. The fourth-order valence-electron chi connectivity index (χ4n) is 2.88. The van der Waals surface area contributed by atoms with E-state index in [1.165, 1.54) is 17.7 Å². The van der Waals surface area contributed by atoms with Gasteiger partial charge < -0.3 is 4.90 Å². The monoisotopic (exact) mass is 360 g/mol. The molecule has 3 rings (SSSR count). The molecule has 2 amide bonds. The Kier molecular flexibility index (Phi) is 5.28. The van der Waals surface area contributed by atoms with Gasteiger partial charge in [-0.2, -0.15) is 5.10 Å². The summed E-state index contributed by atoms with van der Waals surface area (Å²) in [7, 11) is 0. The van der Waals surface area contributed by atoms with Gasteiger partial charge in [-0.3, -0.25) is 5.32 Å². The molecule has 0 saturated carbocycles. The summed E-state index contributed by atoms with van der Waals surface area (Å²) in [6.45, 7) is 3.22. The van der Waals surface area contributed by atoms with Gasteiger partial charge in [0, 0.05) is 24.3 Å². The number of hydrogen-bond donors (Lipinski definition) is 1. The molecule has 0 aliphatic carbocycles. The van der Waals surface area contributed by atoms with Gasteiger partial charge in [-0.05, 0) is 48.2 Å². The standard InChI is InChI=1S/C18H18ClFN4O/c1-12-11-24(18(25)22-17-3-2-5-21-23-17)6-4-14(12)7-13-8-15(19)10-16(20)9-13/h2-3,5,7-10,12H,4,6,11H2,1H3,(H,22,23,25). The van der Waals surface area contributed by atoms with Gasteiger partial charge in [-0.1, -0.05) is 30.2 Å². The Morgan fingerprint density at radius 1 is 1.44 bits per heavy atom. The lowest BCUT2D eigenvalue weighted by Crippen LogP contribution is -2.42. The van der Waals surface area contributed by atoms with E-state index in [4.69, 9.17) is 11.6 Å². The lowest BCUT2D eigenvalue weighted by atomic mass is 9.91. The van der Waals surface area contributed by atoms with Crippen LogP contribution in [0.1, 0.15) is 18.9 Å². The van der Waals surface area contributed by atoms with Crippen LogP contribution < -0.4 is 5.32 Å². The highest BCUT2D eigenvalue weighted by Crippen LogP contribution is 2.26. The quantitative estimate of drug-likeness (QED) is 0.872. The van der Waals surface area contributed by atoms with Crippen molar-refractivity contribution in [3.8, 4) is 0 Å². The highest BCUT2D eigenvalue weighted by Gasteiger charge is 2.24. The van der Waals surface area contributed by atoms with Gasteiger partial charge in [0.25, 0.3) is 0 Å². The Bertz CT molecular complexity index is 777. The van der Waals surface area contributed by atoms with E-state index in [0.29, 0.717) is 23.9 Å². The predicted octanol–water partition coefficient (Wildman–Crippen LogP) is 4.23. The second kappa shape index (κ2) is 7.61. The summed E-state index contributed by atoms with van der Waals surface area (Å²) < 4.78 is 13.5. The second-order valence-electron chi connectivity index (χ2n) is 6.06. The molecule has 2 aromatic rings.